The molecule has 0 heterocycles. The fourth-order valence-corrected chi connectivity index (χ4v) is 5.35. The fraction of sp³-hybridized carbons (Fsp3) is 0.889. The third-order valence-corrected chi connectivity index (χ3v) is 7.99. The smallest absolute Gasteiger partial charge is 0.306 e. The maximum Gasteiger partial charge on any atom is 0.306 e. The van der Waals surface area contributed by atoms with E-state index < -0.39 is 5.97 Å². The summed E-state index contributed by atoms with van der Waals surface area (Å²) in [6, 6.07) is 0. The predicted octanol–water partition coefficient (Wildman–Crippen LogP) is 11.9. The molecule has 0 saturated heterocycles. The Kier molecular flexibility index (Phi) is 31.1. The minimum absolute atomic E-state index is 0.00904. The lowest BCUT2D eigenvalue weighted by atomic mass is 10.0. The Morgan fingerprint density at radius 1 is 0.525 bits per heavy atom. The lowest BCUT2D eigenvalue weighted by molar-refractivity contribution is -0.150. The summed E-state index contributed by atoms with van der Waals surface area (Å²) in [6.45, 7) is 4.50. The van der Waals surface area contributed by atoms with Gasteiger partial charge < -0.3 is 9.84 Å². The van der Waals surface area contributed by atoms with E-state index in [4.69, 9.17) is 9.84 Å². The topological polar surface area (TPSA) is 63.6 Å². The number of unbranched alkanes of at least 4 members (excludes halogenated alkanes) is 21. The second-order valence-corrected chi connectivity index (χ2v) is 12.1. The van der Waals surface area contributed by atoms with E-state index in [0.717, 1.165) is 44.9 Å². The first-order chi connectivity index (χ1) is 19.6. The zero-order valence-electron chi connectivity index (χ0n) is 26.9. The van der Waals surface area contributed by atoms with Gasteiger partial charge in [-0.3, -0.25) is 9.59 Å². The van der Waals surface area contributed by atoms with Gasteiger partial charge in [-0.05, 0) is 64.2 Å². The number of allylic oxidation sites excluding steroid dienone is 2. The van der Waals surface area contributed by atoms with Gasteiger partial charge in [0, 0.05) is 12.8 Å². The number of rotatable bonds is 32. The van der Waals surface area contributed by atoms with Crippen molar-refractivity contribution in [3.63, 3.8) is 0 Å². The molecule has 0 spiro atoms. The van der Waals surface area contributed by atoms with Crippen LogP contribution in [0, 0.1) is 0 Å². The van der Waals surface area contributed by atoms with Gasteiger partial charge in [0.05, 0.1) is 0 Å². The molecule has 0 saturated carbocycles. The van der Waals surface area contributed by atoms with Crippen LogP contribution in [0.2, 0.25) is 0 Å². The van der Waals surface area contributed by atoms with Crippen molar-refractivity contribution in [2.45, 2.75) is 206 Å². The second kappa shape index (κ2) is 32.2. The number of ether oxygens (including phenoxy) is 1. The quantitative estimate of drug-likeness (QED) is 0.0501. The summed E-state index contributed by atoms with van der Waals surface area (Å²) >= 11 is 0. The molecule has 0 aromatic heterocycles. The molecule has 0 amide bonds. The van der Waals surface area contributed by atoms with E-state index in [1.165, 1.54) is 122 Å². The Morgan fingerprint density at radius 2 is 0.900 bits per heavy atom. The first-order valence-electron chi connectivity index (χ1n) is 17.7. The molecule has 1 N–H and O–H groups in total. The van der Waals surface area contributed by atoms with Crippen LogP contribution in [0.15, 0.2) is 12.2 Å². The maximum absolute atomic E-state index is 12.4. The minimum atomic E-state index is -0.726. The van der Waals surface area contributed by atoms with Gasteiger partial charge in [0.2, 0.25) is 0 Å². The number of hydrogen-bond donors (Lipinski definition) is 1. The van der Waals surface area contributed by atoms with Crippen molar-refractivity contribution in [1.29, 1.82) is 0 Å². The Morgan fingerprint density at radius 3 is 1.38 bits per heavy atom. The summed E-state index contributed by atoms with van der Waals surface area (Å²) in [4.78, 5) is 23.1. The van der Waals surface area contributed by atoms with Gasteiger partial charge in [0.15, 0.2) is 0 Å². The van der Waals surface area contributed by atoms with Crippen molar-refractivity contribution in [2.75, 3.05) is 0 Å². The number of carbonyl (C=O) groups excluding carboxylic acids is 1. The molecular weight excluding hydrogens is 496 g/mol. The minimum Gasteiger partial charge on any atom is -0.481 e. The van der Waals surface area contributed by atoms with Gasteiger partial charge in [0.1, 0.15) is 6.10 Å². The number of carboxylic acids is 1. The third-order valence-electron chi connectivity index (χ3n) is 7.99. The molecule has 0 radical (unpaired) electrons. The monoisotopic (exact) mass is 565 g/mol. The van der Waals surface area contributed by atoms with Crippen LogP contribution in [0.5, 0.6) is 0 Å². The molecular formula is C36H68O4. The molecule has 0 rings (SSSR count). The number of aliphatic carboxylic acids is 1. The number of hydrogen-bond acceptors (Lipinski definition) is 3. The van der Waals surface area contributed by atoms with Crippen molar-refractivity contribution in [3.05, 3.63) is 12.2 Å². The van der Waals surface area contributed by atoms with Crippen molar-refractivity contribution in [1.82, 2.24) is 0 Å². The van der Waals surface area contributed by atoms with Crippen molar-refractivity contribution < 1.29 is 19.4 Å². The first kappa shape index (κ1) is 38.7. The Labute approximate surface area is 249 Å². The summed E-state index contributed by atoms with van der Waals surface area (Å²) < 4.78 is 5.86. The van der Waals surface area contributed by atoms with E-state index in [1.54, 1.807) is 0 Å². The highest BCUT2D eigenvalue weighted by atomic mass is 16.5. The molecule has 4 heteroatoms. The van der Waals surface area contributed by atoms with Crippen LogP contribution in [0.1, 0.15) is 200 Å². The fourth-order valence-electron chi connectivity index (χ4n) is 5.35. The van der Waals surface area contributed by atoms with Crippen LogP contribution in [-0.4, -0.2) is 23.1 Å². The summed E-state index contributed by atoms with van der Waals surface area (Å²) in [5.41, 5.74) is 0. The van der Waals surface area contributed by atoms with Crippen LogP contribution in [0.3, 0.4) is 0 Å². The normalized spacial score (nSPS) is 12.2. The highest BCUT2D eigenvalue weighted by molar-refractivity contribution is 5.69. The molecule has 0 aromatic rings. The van der Waals surface area contributed by atoms with E-state index in [2.05, 4.69) is 26.0 Å². The number of carboxylic acid groups (broad SMARTS) is 1. The Hall–Kier alpha value is -1.32. The summed E-state index contributed by atoms with van der Waals surface area (Å²) in [6.07, 6.45) is 38.1. The average molecular weight is 565 g/mol. The van der Waals surface area contributed by atoms with Crippen molar-refractivity contribution in [2.24, 2.45) is 0 Å². The zero-order chi connectivity index (χ0) is 29.4. The number of carbonyl (C=O) groups is 2. The van der Waals surface area contributed by atoms with E-state index in [9.17, 15) is 9.59 Å². The standard InChI is InChI=1S/C36H68O4/c1-3-5-7-9-10-11-12-13-14-15-16-17-18-19-20-21-22-24-29-33-36(39)40-34(30-26-23-8-6-4-2)31-27-25-28-32-35(37)38/h13-14,34H,3-12,15-33H2,1-2H3,(H,37,38)/b14-13-. The summed E-state index contributed by atoms with van der Waals surface area (Å²) in [5.74, 6) is -0.763. The van der Waals surface area contributed by atoms with Gasteiger partial charge in [-0.2, -0.15) is 0 Å². The molecule has 0 aromatic carbocycles. The first-order valence-corrected chi connectivity index (χ1v) is 17.7. The van der Waals surface area contributed by atoms with Crippen LogP contribution in [0.4, 0.5) is 0 Å². The van der Waals surface area contributed by atoms with Crippen molar-refractivity contribution >= 4 is 11.9 Å². The largest absolute Gasteiger partial charge is 0.481 e. The molecule has 0 aliphatic heterocycles. The van der Waals surface area contributed by atoms with Crippen LogP contribution in [-0.2, 0) is 14.3 Å². The molecule has 4 nitrogen and oxygen atoms in total. The highest BCUT2D eigenvalue weighted by Crippen LogP contribution is 2.18. The molecule has 0 aliphatic rings. The van der Waals surface area contributed by atoms with Gasteiger partial charge in [-0.1, -0.05) is 135 Å². The maximum atomic E-state index is 12.4. The van der Waals surface area contributed by atoms with Crippen molar-refractivity contribution in [3.8, 4) is 0 Å². The second-order valence-electron chi connectivity index (χ2n) is 12.1. The van der Waals surface area contributed by atoms with E-state index in [0.29, 0.717) is 12.8 Å². The van der Waals surface area contributed by atoms with Gasteiger partial charge in [0.25, 0.3) is 0 Å². The average Bonchev–Trinajstić information content (AvgIpc) is 2.93. The summed E-state index contributed by atoms with van der Waals surface area (Å²) in [7, 11) is 0. The lowest BCUT2D eigenvalue weighted by Crippen LogP contribution is -2.18. The Bertz CT molecular complexity index is 571. The molecule has 40 heavy (non-hydrogen) atoms. The van der Waals surface area contributed by atoms with Gasteiger partial charge in [-0.25, -0.2) is 0 Å². The van der Waals surface area contributed by atoms with E-state index >= 15 is 0 Å². The summed E-state index contributed by atoms with van der Waals surface area (Å²) in [5, 5.41) is 8.81. The van der Waals surface area contributed by atoms with E-state index in [1.807, 2.05) is 0 Å². The molecule has 1 atom stereocenters. The van der Waals surface area contributed by atoms with Crippen LogP contribution < -0.4 is 0 Å². The van der Waals surface area contributed by atoms with Crippen LogP contribution >= 0.6 is 0 Å². The van der Waals surface area contributed by atoms with Gasteiger partial charge in [-0.15, -0.1) is 0 Å². The van der Waals surface area contributed by atoms with Gasteiger partial charge >= 0.3 is 11.9 Å². The highest BCUT2D eigenvalue weighted by Gasteiger charge is 2.14. The van der Waals surface area contributed by atoms with Crippen LogP contribution in [0.25, 0.3) is 0 Å². The SMILES string of the molecule is CCCCCCCC/C=C\CCCCCCCCCCCC(=O)OC(CCCCCCC)CCCCCC(=O)O. The third kappa shape index (κ3) is 31.2. The molecule has 0 fully saturated rings. The molecule has 0 aliphatic carbocycles. The zero-order valence-corrected chi connectivity index (χ0v) is 26.9. The number of esters is 1. The molecule has 0 bridgehead atoms. The Balaban J connectivity index is 3.70. The lowest BCUT2D eigenvalue weighted by Gasteiger charge is -2.18. The molecule has 236 valence electrons. The van der Waals surface area contributed by atoms with E-state index in [-0.39, 0.29) is 18.5 Å². The predicted molar refractivity (Wildman–Crippen MR) is 172 cm³/mol. The molecule has 1 unspecified atom stereocenters.